The predicted molar refractivity (Wildman–Crippen MR) is 208 cm³/mol. The van der Waals surface area contributed by atoms with E-state index >= 15 is 0 Å². The maximum Gasteiger partial charge on any atom is 2.00 e. The van der Waals surface area contributed by atoms with E-state index in [1.807, 2.05) is 30.7 Å². The van der Waals surface area contributed by atoms with Crippen LogP contribution in [0.15, 0.2) is 122 Å². The second-order valence-electron chi connectivity index (χ2n) is 13.5. The van der Waals surface area contributed by atoms with Gasteiger partial charge in [-0.2, -0.15) is 0 Å². The molecule has 0 aliphatic heterocycles. The summed E-state index contributed by atoms with van der Waals surface area (Å²) < 4.78 is 11.0. The molecular weight excluding hydrogens is 820 g/mol. The monoisotopic (exact) mass is 851 g/mol. The third kappa shape index (κ3) is 4.80. The molecule has 0 amide bonds. The molecule has 52 heavy (non-hydrogen) atoms. The molecule has 0 aliphatic rings. The third-order valence-corrected chi connectivity index (χ3v) is 10.4. The molecule has 6 aromatic carbocycles. The fraction of sp³-hybridized carbons (Fsp3) is 0.0870. The number of nitrogens with zero attached hydrogens (tertiary/aromatic N) is 4. The molecule has 0 spiro atoms. The zero-order valence-corrected chi connectivity index (χ0v) is 31.3. The van der Waals surface area contributed by atoms with Gasteiger partial charge in [-0.3, -0.25) is 9.97 Å². The molecular formula is C46H32N4OPt. The number of imidazole rings is 2. The smallest absolute Gasteiger partial charge is 0.497 e. The largest absolute Gasteiger partial charge is 2.00 e. The van der Waals surface area contributed by atoms with Crippen molar-refractivity contribution >= 4 is 54.6 Å². The van der Waals surface area contributed by atoms with Gasteiger partial charge >= 0.3 is 21.1 Å². The van der Waals surface area contributed by atoms with E-state index in [1.54, 1.807) is 0 Å². The topological polar surface area (TPSA) is 43.8 Å². The number of benzene rings is 6. The van der Waals surface area contributed by atoms with Crippen LogP contribution in [0.3, 0.4) is 0 Å². The van der Waals surface area contributed by atoms with Gasteiger partial charge in [0, 0.05) is 46.7 Å². The molecule has 0 aliphatic carbocycles. The Labute approximate surface area is 315 Å². The van der Waals surface area contributed by atoms with Gasteiger partial charge in [0.25, 0.3) is 0 Å². The predicted octanol–water partition coefficient (Wildman–Crippen LogP) is 11.6. The number of para-hydroxylation sites is 1. The molecule has 0 saturated carbocycles. The molecule has 5 nitrogen and oxygen atoms in total. The number of aromatic nitrogens is 4. The number of rotatable bonds is 4. The quantitative estimate of drug-likeness (QED) is 0.131. The van der Waals surface area contributed by atoms with Gasteiger partial charge in [0.1, 0.15) is 0 Å². The Morgan fingerprint density at radius 3 is 1.85 bits per heavy atom. The Morgan fingerprint density at radius 1 is 0.558 bits per heavy atom. The van der Waals surface area contributed by atoms with Crippen LogP contribution in [0.2, 0.25) is 0 Å². The van der Waals surface area contributed by atoms with Crippen LogP contribution >= 0.6 is 0 Å². The minimum atomic E-state index is 0. The Hall–Kier alpha value is -5.77. The van der Waals surface area contributed by atoms with E-state index < -0.39 is 0 Å². The third-order valence-electron chi connectivity index (χ3n) is 10.4. The molecule has 252 valence electrons. The summed E-state index contributed by atoms with van der Waals surface area (Å²) >= 11 is 0. The van der Waals surface area contributed by atoms with E-state index in [4.69, 9.17) is 9.72 Å². The summed E-state index contributed by atoms with van der Waals surface area (Å²) in [6.07, 6.45) is 5.83. The van der Waals surface area contributed by atoms with Crippen molar-refractivity contribution in [1.29, 1.82) is 0 Å². The molecule has 10 aromatic rings. The first-order valence-corrected chi connectivity index (χ1v) is 17.2. The van der Waals surface area contributed by atoms with Crippen molar-refractivity contribution in [2.45, 2.75) is 27.7 Å². The molecule has 10 rings (SSSR count). The van der Waals surface area contributed by atoms with E-state index in [0.717, 1.165) is 60.3 Å². The van der Waals surface area contributed by atoms with Gasteiger partial charge < -0.3 is 13.5 Å². The first-order valence-electron chi connectivity index (χ1n) is 17.2. The van der Waals surface area contributed by atoms with E-state index in [2.05, 4.69) is 145 Å². The molecule has 4 heterocycles. The van der Waals surface area contributed by atoms with Crippen LogP contribution in [-0.2, 0) is 21.1 Å². The summed E-state index contributed by atoms with van der Waals surface area (Å²) in [5.41, 5.74) is 13.6. The Balaban J connectivity index is 0.00000360. The average Bonchev–Trinajstić information content (AvgIpc) is 3.81. The number of pyridine rings is 2. The Morgan fingerprint density at radius 2 is 1.15 bits per heavy atom. The maximum absolute atomic E-state index is 6.54. The van der Waals surface area contributed by atoms with Crippen LogP contribution in [-0.4, -0.2) is 18.8 Å². The SMILES string of the molecule is Cc1cccc(C)c1-c1ccc2c3ccc(Oc4[c-]c5c(cc4)c4ccccc4n4ccnc54)[c-]c3c3ncc(-c4c(C)cccc4C)n3c2c1.[Pt+2]. The normalized spacial score (nSPS) is 11.7. The summed E-state index contributed by atoms with van der Waals surface area (Å²) in [6.45, 7) is 8.72. The van der Waals surface area contributed by atoms with Crippen molar-refractivity contribution in [2.75, 3.05) is 0 Å². The van der Waals surface area contributed by atoms with Crippen LogP contribution < -0.4 is 4.74 Å². The number of hydrogen-bond acceptors (Lipinski definition) is 3. The maximum atomic E-state index is 6.54. The summed E-state index contributed by atoms with van der Waals surface area (Å²) in [4.78, 5) is 9.78. The number of fused-ring (bicyclic) bond motifs is 12. The molecule has 0 bridgehead atoms. The molecule has 0 N–H and O–H groups in total. The molecule has 0 saturated heterocycles. The zero-order chi connectivity index (χ0) is 34.4. The van der Waals surface area contributed by atoms with Gasteiger partial charge in [0.15, 0.2) is 0 Å². The fourth-order valence-electron chi connectivity index (χ4n) is 8.12. The minimum absolute atomic E-state index is 0. The average molecular weight is 852 g/mol. The fourth-order valence-corrected chi connectivity index (χ4v) is 8.12. The van der Waals surface area contributed by atoms with Crippen LogP contribution in [0.4, 0.5) is 0 Å². The zero-order valence-electron chi connectivity index (χ0n) is 29.1. The van der Waals surface area contributed by atoms with E-state index in [1.165, 1.54) is 38.9 Å². The van der Waals surface area contributed by atoms with E-state index in [0.29, 0.717) is 11.5 Å². The Kier molecular flexibility index (Phi) is 7.53. The van der Waals surface area contributed by atoms with Crippen molar-refractivity contribution in [3.05, 3.63) is 156 Å². The van der Waals surface area contributed by atoms with Gasteiger partial charge in [-0.05, 0) is 84.0 Å². The van der Waals surface area contributed by atoms with Crippen molar-refractivity contribution < 1.29 is 25.8 Å². The number of aryl methyl sites for hydroxylation is 4. The standard InChI is InChI=1S/C46H32N4O.Pt/c1-27-9-7-10-28(2)43(27)31-15-18-37-35-20-17-33(25-39(35)46-48-26-42(50(46)41(37)23-31)44-29(3)11-8-12-30(44)4)51-32-16-19-34-36-13-5-6-14-40(36)49-22-21-47-45(49)38(34)24-32;/h5-23,26H,1-4H3;/q-2;+2. The van der Waals surface area contributed by atoms with Crippen LogP contribution in [0.25, 0.3) is 77.0 Å². The van der Waals surface area contributed by atoms with Crippen LogP contribution in [0, 0.1) is 39.8 Å². The summed E-state index contributed by atoms with van der Waals surface area (Å²) in [6, 6.07) is 43.5. The minimum Gasteiger partial charge on any atom is -0.497 e. The first-order chi connectivity index (χ1) is 24.9. The second-order valence-corrected chi connectivity index (χ2v) is 13.5. The van der Waals surface area contributed by atoms with E-state index in [-0.39, 0.29) is 21.1 Å². The second kappa shape index (κ2) is 12.2. The molecule has 6 heteroatoms. The van der Waals surface area contributed by atoms with Gasteiger partial charge in [0.05, 0.1) is 17.0 Å². The molecule has 0 unspecified atom stereocenters. The van der Waals surface area contributed by atoms with Crippen molar-refractivity contribution in [2.24, 2.45) is 0 Å². The number of hydrogen-bond donors (Lipinski definition) is 0. The van der Waals surface area contributed by atoms with Gasteiger partial charge in [-0.1, -0.05) is 113 Å². The van der Waals surface area contributed by atoms with Crippen molar-refractivity contribution in [3.63, 3.8) is 0 Å². The number of ether oxygens (including phenoxy) is 1. The molecule has 0 fully saturated rings. The molecule has 4 aromatic heterocycles. The molecule has 0 atom stereocenters. The first kappa shape index (κ1) is 32.2. The van der Waals surface area contributed by atoms with Gasteiger partial charge in [0.2, 0.25) is 0 Å². The van der Waals surface area contributed by atoms with Crippen molar-refractivity contribution in [1.82, 2.24) is 18.8 Å². The van der Waals surface area contributed by atoms with Gasteiger partial charge in [-0.25, -0.2) is 0 Å². The summed E-state index contributed by atoms with van der Waals surface area (Å²) in [5, 5.41) is 6.25. The summed E-state index contributed by atoms with van der Waals surface area (Å²) in [5.74, 6) is 1.20. The van der Waals surface area contributed by atoms with Crippen molar-refractivity contribution in [3.8, 4) is 33.9 Å². The van der Waals surface area contributed by atoms with E-state index in [9.17, 15) is 0 Å². The van der Waals surface area contributed by atoms with Gasteiger partial charge in [-0.15, -0.1) is 12.1 Å². The summed E-state index contributed by atoms with van der Waals surface area (Å²) in [7, 11) is 0. The Bertz CT molecular complexity index is 3020. The molecule has 0 radical (unpaired) electrons. The van der Waals surface area contributed by atoms with Crippen LogP contribution in [0.5, 0.6) is 11.5 Å². The van der Waals surface area contributed by atoms with Crippen LogP contribution in [0.1, 0.15) is 22.3 Å².